The fourth-order valence-electron chi connectivity index (χ4n) is 2.43. The van der Waals surface area contributed by atoms with Crippen LogP contribution in [0.2, 0.25) is 0 Å². The van der Waals surface area contributed by atoms with Gasteiger partial charge in [0.2, 0.25) is 0 Å². The minimum absolute atomic E-state index is 0.0436. The van der Waals surface area contributed by atoms with E-state index in [2.05, 4.69) is 0 Å². The summed E-state index contributed by atoms with van der Waals surface area (Å²) >= 11 is 0. The minimum Gasteiger partial charge on any atom is -0.480 e. The lowest BCUT2D eigenvalue weighted by Gasteiger charge is -2.21. The molecule has 1 saturated heterocycles. The number of carbonyl (C=O) groups is 2. The Morgan fingerprint density at radius 1 is 1.38 bits per heavy atom. The maximum Gasteiger partial charge on any atom is 0.326 e. The second kappa shape index (κ2) is 5.49. The van der Waals surface area contributed by atoms with Crippen LogP contribution < -0.4 is 0 Å². The number of nitro groups is 1. The average Bonchev–Trinajstić information content (AvgIpc) is 2.79. The Morgan fingerprint density at radius 2 is 2.05 bits per heavy atom. The van der Waals surface area contributed by atoms with E-state index in [0.717, 1.165) is 11.0 Å². The summed E-state index contributed by atoms with van der Waals surface area (Å²) in [6.07, 6.45) is -0.954. The number of rotatable bonds is 3. The molecule has 1 aromatic carbocycles. The molecule has 0 radical (unpaired) electrons. The van der Waals surface area contributed by atoms with Gasteiger partial charge in [0, 0.05) is 30.7 Å². The fourth-order valence-corrected chi connectivity index (χ4v) is 2.43. The van der Waals surface area contributed by atoms with Crippen molar-refractivity contribution in [3.05, 3.63) is 39.4 Å². The van der Waals surface area contributed by atoms with E-state index in [1.807, 2.05) is 0 Å². The largest absolute Gasteiger partial charge is 0.480 e. The average molecular weight is 294 g/mol. The van der Waals surface area contributed by atoms with Crippen molar-refractivity contribution < 1.29 is 24.7 Å². The number of carboxylic acids is 1. The number of nitro benzene ring substituents is 1. The molecule has 1 heterocycles. The highest BCUT2D eigenvalue weighted by Gasteiger charge is 2.39. The number of aliphatic hydroxyl groups is 1. The van der Waals surface area contributed by atoms with Crippen LogP contribution in [-0.4, -0.2) is 50.6 Å². The van der Waals surface area contributed by atoms with E-state index in [1.54, 1.807) is 6.92 Å². The topological polar surface area (TPSA) is 121 Å². The number of non-ortho nitro benzene ring substituents is 1. The predicted molar refractivity (Wildman–Crippen MR) is 70.9 cm³/mol. The summed E-state index contributed by atoms with van der Waals surface area (Å²) in [5.74, 6) is -1.84. The van der Waals surface area contributed by atoms with Crippen molar-refractivity contribution >= 4 is 17.6 Å². The Hall–Kier alpha value is -2.48. The van der Waals surface area contributed by atoms with E-state index < -0.39 is 28.9 Å². The van der Waals surface area contributed by atoms with Crippen LogP contribution in [0.5, 0.6) is 0 Å². The molecule has 8 nitrogen and oxygen atoms in total. The molecule has 1 aliphatic heterocycles. The Kier molecular flexibility index (Phi) is 3.90. The summed E-state index contributed by atoms with van der Waals surface area (Å²) in [6.45, 7) is 1.51. The molecule has 2 atom stereocenters. The summed E-state index contributed by atoms with van der Waals surface area (Å²) in [4.78, 5) is 34.7. The van der Waals surface area contributed by atoms with Gasteiger partial charge in [-0.3, -0.25) is 14.9 Å². The second-order valence-electron chi connectivity index (χ2n) is 5.02. The molecule has 0 spiro atoms. The highest BCUT2D eigenvalue weighted by Crippen LogP contribution is 2.23. The Morgan fingerprint density at radius 3 is 2.62 bits per heavy atom. The Balaban J connectivity index is 2.35. The molecule has 8 heteroatoms. The number of aliphatic hydroxyl groups excluding tert-OH is 1. The highest BCUT2D eigenvalue weighted by atomic mass is 16.6. The first-order valence-corrected chi connectivity index (χ1v) is 6.27. The number of β-amino-alcohol motifs (C(OH)–C–C–N with tert-alkyl or cyclic N) is 1. The van der Waals surface area contributed by atoms with E-state index in [9.17, 15) is 24.8 Å². The van der Waals surface area contributed by atoms with Crippen LogP contribution in [0.4, 0.5) is 5.69 Å². The lowest BCUT2D eigenvalue weighted by Crippen LogP contribution is -2.40. The summed E-state index contributed by atoms with van der Waals surface area (Å²) in [6, 6.07) is 2.77. The van der Waals surface area contributed by atoms with Gasteiger partial charge in [-0.15, -0.1) is 0 Å². The number of likely N-dealkylation sites (tertiary alicyclic amines) is 1. The number of aryl methyl sites for hydroxylation is 1. The van der Waals surface area contributed by atoms with Crippen molar-refractivity contribution in [3.8, 4) is 0 Å². The minimum atomic E-state index is -1.21. The third kappa shape index (κ3) is 3.00. The number of carboxylic acid groups (broad SMARTS) is 1. The molecule has 0 unspecified atom stereocenters. The number of amides is 1. The van der Waals surface area contributed by atoms with Gasteiger partial charge in [-0.25, -0.2) is 4.79 Å². The lowest BCUT2D eigenvalue weighted by molar-refractivity contribution is -0.384. The Bertz CT molecular complexity index is 615. The zero-order valence-corrected chi connectivity index (χ0v) is 11.2. The van der Waals surface area contributed by atoms with Gasteiger partial charge in [-0.1, -0.05) is 0 Å². The zero-order valence-electron chi connectivity index (χ0n) is 11.2. The summed E-state index contributed by atoms with van der Waals surface area (Å²) in [5, 5.41) is 29.4. The van der Waals surface area contributed by atoms with E-state index >= 15 is 0 Å². The normalized spacial score (nSPS) is 21.3. The molecule has 0 aliphatic carbocycles. The first-order chi connectivity index (χ1) is 9.79. The van der Waals surface area contributed by atoms with Crippen LogP contribution in [0, 0.1) is 17.0 Å². The fraction of sp³-hybridized carbons (Fsp3) is 0.385. The van der Waals surface area contributed by atoms with Gasteiger partial charge in [0.25, 0.3) is 11.6 Å². The molecule has 1 amide bonds. The van der Waals surface area contributed by atoms with Crippen LogP contribution in [-0.2, 0) is 4.79 Å². The third-order valence-electron chi connectivity index (χ3n) is 3.34. The molecule has 2 rings (SSSR count). The van der Waals surface area contributed by atoms with Crippen LogP contribution in [0.1, 0.15) is 22.3 Å². The van der Waals surface area contributed by atoms with Crippen molar-refractivity contribution in [1.82, 2.24) is 4.90 Å². The summed E-state index contributed by atoms with van der Waals surface area (Å²) in [7, 11) is 0. The van der Waals surface area contributed by atoms with Crippen molar-refractivity contribution in [2.45, 2.75) is 25.5 Å². The first kappa shape index (κ1) is 14.9. The number of aliphatic carboxylic acids is 1. The van der Waals surface area contributed by atoms with Crippen molar-refractivity contribution in [2.75, 3.05) is 6.54 Å². The highest BCUT2D eigenvalue weighted by molar-refractivity contribution is 5.97. The van der Waals surface area contributed by atoms with Gasteiger partial charge in [-0.2, -0.15) is 0 Å². The van der Waals surface area contributed by atoms with Crippen LogP contribution in [0.3, 0.4) is 0 Å². The van der Waals surface area contributed by atoms with E-state index in [0.29, 0.717) is 5.56 Å². The number of benzene rings is 1. The van der Waals surface area contributed by atoms with Gasteiger partial charge >= 0.3 is 5.97 Å². The molecule has 21 heavy (non-hydrogen) atoms. The zero-order chi connectivity index (χ0) is 15.7. The van der Waals surface area contributed by atoms with Gasteiger partial charge in [0.1, 0.15) is 6.04 Å². The van der Waals surface area contributed by atoms with Gasteiger partial charge in [-0.05, 0) is 18.6 Å². The first-order valence-electron chi connectivity index (χ1n) is 6.27. The third-order valence-corrected chi connectivity index (χ3v) is 3.34. The number of hydrogen-bond acceptors (Lipinski definition) is 5. The molecule has 1 aliphatic rings. The summed E-state index contributed by atoms with van der Waals surface area (Å²) in [5.41, 5.74) is 0.339. The van der Waals surface area contributed by atoms with Crippen molar-refractivity contribution in [3.63, 3.8) is 0 Å². The van der Waals surface area contributed by atoms with Crippen LogP contribution in [0.15, 0.2) is 18.2 Å². The van der Waals surface area contributed by atoms with Crippen LogP contribution in [0.25, 0.3) is 0 Å². The smallest absolute Gasteiger partial charge is 0.326 e. The van der Waals surface area contributed by atoms with Crippen LogP contribution >= 0.6 is 0 Å². The van der Waals surface area contributed by atoms with Crippen molar-refractivity contribution in [2.24, 2.45) is 0 Å². The molecule has 112 valence electrons. The molecular weight excluding hydrogens is 280 g/mol. The molecule has 0 saturated carbocycles. The molecule has 1 fully saturated rings. The molecular formula is C13H14N2O6. The molecule has 0 aromatic heterocycles. The predicted octanol–water partition coefficient (Wildman–Crippen LogP) is 0.563. The van der Waals surface area contributed by atoms with E-state index in [-0.39, 0.29) is 24.2 Å². The SMILES string of the molecule is Cc1cc(C(=O)N2C[C@@H](O)C[C@H]2C(=O)O)cc([N+](=O)[O-])c1. The van der Waals surface area contributed by atoms with Gasteiger partial charge < -0.3 is 15.1 Å². The Labute approximate surface area is 119 Å². The maximum atomic E-state index is 12.4. The maximum absolute atomic E-state index is 12.4. The molecule has 1 aromatic rings. The molecule has 0 bridgehead atoms. The van der Waals surface area contributed by atoms with Gasteiger partial charge in [0.15, 0.2) is 0 Å². The van der Waals surface area contributed by atoms with E-state index in [1.165, 1.54) is 12.1 Å². The summed E-state index contributed by atoms with van der Waals surface area (Å²) < 4.78 is 0. The second-order valence-corrected chi connectivity index (χ2v) is 5.02. The standard InChI is InChI=1S/C13H14N2O6/c1-7-2-8(4-9(3-7)15(20)21)12(17)14-6-10(16)5-11(14)13(18)19/h2-4,10-11,16H,5-6H2,1H3,(H,18,19)/t10-,11-/m0/s1. The molecule has 2 N–H and O–H groups in total. The number of nitrogens with zero attached hydrogens (tertiary/aromatic N) is 2. The monoisotopic (exact) mass is 294 g/mol. The van der Waals surface area contributed by atoms with E-state index in [4.69, 9.17) is 5.11 Å². The number of hydrogen-bond donors (Lipinski definition) is 2. The quantitative estimate of drug-likeness (QED) is 0.620. The number of carbonyl (C=O) groups excluding carboxylic acids is 1. The van der Waals surface area contributed by atoms with Gasteiger partial charge in [0.05, 0.1) is 11.0 Å². The van der Waals surface area contributed by atoms with Crippen molar-refractivity contribution in [1.29, 1.82) is 0 Å². The lowest BCUT2D eigenvalue weighted by atomic mass is 10.1.